The summed E-state index contributed by atoms with van der Waals surface area (Å²) in [5, 5.41) is 14.4. The summed E-state index contributed by atoms with van der Waals surface area (Å²) in [6.45, 7) is 0. The van der Waals surface area contributed by atoms with Gasteiger partial charge in [-0.1, -0.05) is 5.16 Å². The van der Waals surface area contributed by atoms with Crippen LogP contribution in [0.5, 0.6) is 5.75 Å². The molecule has 0 fully saturated rings. The van der Waals surface area contributed by atoms with E-state index in [9.17, 15) is 10.1 Å². The van der Waals surface area contributed by atoms with Crippen molar-refractivity contribution in [2.45, 2.75) is 5.88 Å². The number of ether oxygens (including phenoxy) is 1. The summed E-state index contributed by atoms with van der Waals surface area (Å²) in [4.78, 5) is 14.2. The SMILES string of the molecule is COc1cc(-c2nc(CCl)no2)ccc1[N+](=O)[O-]. The number of methoxy groups -OCH3 is 1. The fraction of sp³-hybridized carbons (Fsp3) is 0.200. The van der Waals surface area contributed by atoms with Crippen molar-refractivity contribution in [3.8, 4) is 17.2 Å². The van der Waals surface area contributed by atoms with Crippen molar-refractivity contribution < 1.29 is 14.2 Å². The van der Waals surface area contributed by atoms with Crippen LogP contribution in [0.25, 0.3) is 11.5 Å². The average Bonchev–Trinajstić information content (AvgIpc) is 2.86. The third-order valence-electron chi connectivity index (χ3n) is 2.21. The quantitative estimate of drug-likeness (QED) is 0.481. The Morgan fingerprint density at radius 3 is 2.89 bits per heavy atom. The van der Waals surface area contributed by atoms with Gasteiger partial charge in [0.1, 0.15) is 0 Å². The van der Waals surface area contributed by atoms with Crippen molar-refractivity contribution in [3.05, 3.63) is 34.1 Å². The van der Waals surface area contributed by atoms with Crippen LogP contribution in [0, 0.1) is 10.1 Å². The van der Waals surface area contributed by atoms with Crippen molar-refractivity contribution >= 4 is 17.3 Å². The first-order valence-electron chi connectivity index (χ1n) is 4.87. The van der Waals surface area contributed by atoms with E-state index in [1.165, 1.54) is 25.3 Å². The number of hydrogen-bond acceptors (Lipinski definition) is 6. The molecular formula is C10H8ClN3O4. The summed E-state index contributed by atoms with van der Waals surface area (Å²) in [5.41, 5.74) is 0.402. The Morgan fingerprint density at radius 2 is 2.33 bits per heavy atom. The van der Waals surface area contributed by atoms with E-state index in [2.05, 4.69) is 10.1 Å². The molecule has 0 amide bonds. The number of nitrogens with zero attached hydrogens (tertiary/aromatic N) is 3. The number of nitro groups is 1. The van der Waals surface area contributed by atoms with Gasteiger partial charge in [0, 0.05) is 17.7 Å². The van der Waals surface area contributed by atoms with Crippen LogP contribution in [0.15, 0.2) is 22.7 Å². The van der Waals surface area contributed by atoms with E-state index in [1.807, 2.05) is 0 Å². The lowest BCUT2D eigenvalue weighted by Crippen LogP contribution is -1.94. The molecule has 1 heterocycles. The standard InChI is InChI=1S/C10H8ClN3O4/c1-17-8-4-6(2-3-7(8)14(15)16)10-12-9(5-11)13-18-10/h2-4H,5H2,1H3. The highest BCUT2D eigenvalue weighted by molar-refractivity contribution is 6.16. The lowest BCUT2D eigenvalue weighted by Gasteiger charge is -2.02. The van der Waals surface area contributed by atoms with Gasteiger partial charge in [-0.15, -0.1) is 11.6 Å². The average molecular weight is 270 g/mol. The molecule has 2 rings (SSSR count). The molecular weight excluding hydrogens is 262 g/mol. The Bertz CT molecular complexity index is 584. The van der Waals surface area contributed by atoms with Crippen molar-refractivity contribution in [3.63, 3.8) is 0 Å². The van der Waals surface area contributed by atoms with Crippen LogP contribution in [0.1, 0.15) is 5.82 Å². The van der Waals surface area contributed by atoms with Crippen LogP contribution in [0.4, 0.5) is 5.69 Å². The molecule has 0 N–H and O–H groups in total. The van der Waals surface area contributed by atoms with Gasteiger partial charge < -0.3 is 9.26 Å². The number of benzene rings is 1. The van der Waals surface area contributed by atoms with E-state index in [4.69, 9.17) is 20.9 Å². The monoisotopic (exact) mass is 269 g/mol. The Morgan fingerprint density at radius 1 is 1.56 bits per heavy atom. The molecule has 0 unspecified atom stereocenters. The van der Waals surface area contributed by atoms with Crippen LogP contribution in [0.2, 0.25) is 0 Å². The zero-order valence-corrected chi connectivity index (χ0v) is 10.0. The van der Waals surface area contributed by atoms with E-state index in [1.54, 1.807) is 0 Å². The van der Waals surface area contributed by atoms with Gasteiger partial charge in [-0.3, -0.25) is 10.1 Å². The zero-order valence-electron chi connectivity index (χ0n) is 9.29. The Hall–Kier alpha value is -2.15. The second-order valence-corrected chi connectivity index (χ2v) is 3.56. The van der Waals surface area contributed by atoms with E-state index < -0.39 is 4.92 Å². The summed E-state index contributed by atoms with van der Waals surface area (Å²) in [6, 6.07) is 4.29. The highest BCUT2D eigenvalue weighted by Crippen LogP contribution is 2.31. The molecule has 0 aliphatic rings. The van der Waals surface area contributed by atoms with Crippen molar-refractivity contribution in [2.75, 3.05) is 7.11 Å². The molecule has 0 saturated carbocycles. The van der Waals surface area contributed by atoms with Gasteiger partial charge in [0.05, 0.1) is 17.9 Å². The lowest BCUT2D eigenvalue weighted by atomic mass is 10.2. The van der Waals surface area contributed by atoms with Crippen LogP contribution < -0.4 is 4.74 Å². The summed E-state index contributed by atoms with van der Waals surface area (Å²) in [7, 11) is 1.35. The third kappa shape index (κ3) is 2.25. The Balaban J connectivity index is 2.43. The van der Waals surface area contributed by atoms with Gasteiger partial charge in [-0.25, -0.2) is 0 Å². The fourth-order valence-electron chi connectivity index (χ4n) is 1.39. The van der Waals surface area contributed by atoms with Crippen molar-refractivity contribution in [1.29, 1.82) is 0 Å². The van der Waals surface area contributed by atoms with E-state index in [0.717, 1.165) is 0 Å². The maximum Gasteiger partial charge on any atom is 0.310 e. The summed E-state index contributed by atoms with van der Waals surface area (Å²) < 4.78 is 9.91. The summed E-state index contributed by atoms with van der Waals surface area (Å²) in [6.07, 6.45) is 0. The number of rotatable bonds is 4. The predicted molar refractivity (Wildman–Crippen MR) is 62.5 cm³/mol. The Labute approximate surface area is 106 Å². The molecule has 0 bridgehead atoms. The number of aromatic nitrogens is 2. The van der Waals surface area contributed by atoms with E-state index in [0.29, 0.717) is 11.4 Å². The largest absolute Gasteiger partial charge is 0.490 e. The van der Waals surface area contributed by atoms with Crippen LogP contribution in [-0.2, 0) is 5.88 Å². The first-order chi connectivity index (χ1) is 8.65. The molecule has 94 valence electrons. The third-order valence-corrected chi connectivity index (χ3v) is 2.45. The molecule has 0 aliphatic carbocycles. The summed E-state index contributed by atoms with van der Waals surface area (Å²) in [5.74, 6) is 0.846. The molecule has 0 atom stereocenters. The van der Waals surface area contributed by atoms with Gasteiger partial charge >= 0.3 is 5.69 Å². The van der Waals surface area contributed by atoms with Crippen LogP contribution >= 0.6 is 11.6 Å². The van der Waals surface area contributed by atoms with Crippen LogP contribution in [-0.4, -0.2) is 22.2 Å². The minimum absolute atomic E-state index is 0.127. The zero-order chi connectivity index (χ0) is 13.1. The molecule has 0 spiro atoms. The highest BCUT2D eigenvalue weighted by Gasteiger charge is 2.17. The molecule has 0 aliphatic heterocycles. The molecule has 18 heavy (non-hydrogen) atoms. The van der Waals surface area contributed by atoms with E-state index >= 15 is 0 Å². The van der Waals surface area contributed by atoms with Crippen molar-refractivity contribution in [1.82, 2.24) is 10.1 Å². The van der Waals surface area contributed by atoms with Gasteiger partial charge in [0.2, 0.25) is 0 Å². The molecule has 0 saturated heterocycles. The molecule has 7 nitrogen and oxygen atoms in total. The van der Waals surface area contributed by atoms with Gasteiger partial charge in [0.15, 0.2) is 11.6 Å². The molecule has 2 aromatic rings. The highest BCUT2D eigenvalue weighted by atomic mass is 35.5. The number of halogens is 1. The minimum Gasteiger partial charge on any atom is -0.490 e. The van der Waals surface area contributed by atoms with Crippen LogP contribution in [0.3, 0.4) is 0 Å². The first kappa shape index (κ1) is 12.3. The molecule has 8 heteroatoms. The lowest BCUT2D eigenvalue weighted by molar-refractivity contribution is -0.385. The topological polar surface area (TPSA) is 91.3 Å². The minimum atomic E-state index is -0.527. The normalized spacial score (nSPS) is 10.3. The molecule has 1 aromatic carbocycles. The van der Waals surface area contributed by atoms with Crippen molar-refractivity contribution in [2.24, 2.45) is 0 Å². The second-order valence-electron chi connectivity index (χ2n) is 3.29. The van der Waals surface area contributed by atoms with Gasteiger partial charge in [-0.2, -0.15) is 4.98 Å². The van der Waals surface area contributed by atoms with Gasteiger partial charge in [0.25, 0.3) is 5.89 Å². The molecule has 0 radical (unpaired) electrons. The fourth-order valence-corrected chi connectivity index (χ4v) is 1.50. The first-order valence-corrected chi connectivity index (χ1v) is 5.40. The Kier molecular flexibility index (Phi) is 3.42. The number of hydrogen-bond donors (Lipinski definition) is 0. The smallest absolute Gasteiger partial charge is 0.310 e. The maximum atomic E-state index is 10.7. The maximum absolute atomic E-state index is 10.7. The number of alkyl halides is 1. The molecule has 1 aromatic heterocycles. The number of nitro benzene ring substituents is 1. The predicted octanol–water partition coefficient (Wildman–Crippen LogP) is 2.39. The van der Waals surface area contributed by atoms with E-state index in [-0.39, 0.29) is 23.2 Å². The second kappa shape index (κ2) is 5.01. The summed E-state index contributed by atoms with van der Waals surface area (Å²) >= 11 is 5.55. The van der Waals surface area contributed by atoms with Gasteiger partial charge in [-0.05, 0) is 6.07 Å².